The highest BCUT2D eigenvalue weighted by atomic mass is 19.1. The Morgan fingerprint density at radius 2 is 1.72 bits per heavy atom. The van der Waals surface area contributed by atoms with Crippen LogP contribution in [-0.2, 0) is 16.0 Å². The van der Waals surface area contributed by atoms with Crippen LogP contribution in [0.4, 0.5) is 10.3 Å². The second-order valence-corrected chi connectivity index (χ2v) is 10.6. The summed E-state index contributed by atoms with van der Waals surface area (Å²) in [6.07, 6.45) is 4.36. The van der Waals surface area contributed by atoms with Crippen molar-refractivity contribution < 1.29 is 18.7 Å². The molecule has 0 unspecified atom stereocenters. The van der Waals surface area contributed by atoms with Crippen molar-refractivity contribution in [1.82, 2.24) is 30.2 Å². The Hall–Kier alpha value is -5.00. The highest BCUT2D eigenvalue weighted by Crippen LogP contribution is 2.35. The summed E-state index contributed by atoms with van der Waals surface area (Å²) in [5.74, 6) is 0.398. The van der Waals surface area contributed by atoms with E-state index in [-0.39, 0.29) is 11.7 Å². The first-order chi connectivity index (χ1) is 21.0. The Bertz CT molecular complexity index is 1670. The number of ether oxygens (including phenoxy) is 2. The standard InChI is InChI=1S/C32H30FN7O3/c1-32(18-37-29(41)23-5-3-2-4-6-23)19-42-30(43-20-32)28-39-26(22-7-9-24(33)10-8-22)27(40-28)25-13-16-35-31(38-25)36-17-21-11-14-34-15-12-21/h2-16,30H,17-20H2,1H3,(H,37,41)(H,39,40)(H,35,36,38). The van der Waals surface area contributed by atoms with E-state index in [1.54, 1.807) is 48.9 Å². The van der Waals surface area contributed by atoms with Crippen LogP contribution in [-0.4, -0.2) is 50.6 Å². The molecule has 3 aromatic heterocycles. The molecule has 1 aliphatic rings. The number of hydrogen-bond acceptors (Lipinski definition) is 8. The third-order valence-corrected chi connectivity index (χ3v) is 7.05. The maximum atomic E-state index is 13.8. The summed E-state index contributed by atoms with van der Waals surface area (Å²) in [6.45, 7) is 3.58. The predicted octanol–water partition coefficient (Wildman–Crippen LogP) is 5.16. The number of nitrogens with one attached hydrogen (secondary N) is 3. The molecule has 0 aliphatic carbocycles. The first-order valence-electron chi connectivity index (χ1n) is 13.8. The molecule has 0 spiro atoms. The number of carbonyl (C=O) groups is 1. The van der Waals surface area contributed by atoms with Crippen molar-refractivity contribution in [3.63, 3.8) is 0 Å². The van der Waals surface area contributed by atoms with Crippen molar-refractivity contribution in [2.45, 2.75) is 19.8 Å². The third kappa shape index (κ3) is 6.74. The zero-order valence-corrected chi connectivity index (χ0v) is 23.5. The van der Waals surface area contributed by atoms with E-state index >= 15 is 0 Å². The van der Waals surface area contributed by atoms with Gasteiger partial charge in [-0.1, -0.05) is 25.1 Å². The van der Waals surface area contributed by atoms with Crippen LogP contribution < -0.4 is 10.6 Å². The fourth-order valence-corrected chi connectivity index (χ4v) is 4.66. The molecule has 11 heteroatoms. The number of H-pyrrole nitrogens is 1. The molecule has 3 N–H and O–H groups in total. The van der Waals surface area contributed by atoms with E-state index in [2.05, 4.69) is 25.6 Å². The van der Waals surface area contributed by atoms with Crippen LogP contribution in [0.1, 0.15) is 35.0 Å². The van der Waals surface area contributed by atoms with Gasteiger partial charge in [0.2, 0.25) is 12.2 Å². The summed E-state index contributed by atoms with van der Waals surface area (Å²) in [7, 11) is 0. The second kappa shape index (κ2) is 12.5. The summed E-state index contributed by atoms with van der Waals surface area (Å²) in [5.41, 5.74) is 3.69. The normalized spacial score (nSPS) is 18.2. The van der Waals surface area contributed by atoms with Crippen molar-refractivity contribution in [3.05, 3.63) is 114 Å². The molecule has 1 amide bonds. The van der Waals surface area contributed by atoms with Crippen LogP contribution in [0.25, 0.3) is 22.6 Å². The first kappa shape index (κ1) is 28.1. The zero-order chi connectivity index (χ0) is 29.6. The Kier molecular flexibility index (Phi) is 8.16. The van der Waals surface area contributed by atoms with Gasteiger partial charge in [-0.25, -0.2) is 19.3 Å². The van der Waals surface area contributed by atoms with E-state index in [1.807, 2.05) is 37.3 Å². The number of aromatic amines is 1. The number of rotatable bonds is 9. The predicted molar refractivity (Wildman–Crippen MR) is 158 cm³/mol. The maximum absolute atomic E-state index is 13.8. The van der Waals surface area contributed by atoms with Gasteiger partial charge in [-0.3, -0.25) is 9.78 Å². The van der Waals surface area contributed by atoms with Gasteiger partial charge in [-0.2, -0.15) is 0 Å². The molecule has 1 aliphatic heterocycles. The van der Waals surface area contributed by atoms with E-state index in [9.17, 15) is 9.18 Å². The smallest absolute Gasteiger partial charge is 0.251 e. The summed E-state index contributed by atoms with van der Waals surface area (Å²) in [5, 5.41) is 6.21. The minimum atomic E-state index is -0.767. The van der Waals surface area contributed by atoms with Gasteiger partial charge in [0.15, 0.2) is 5.82 Å². The van der Waals surface area contributed by atoms with Gasteiger partial charge in [-0.05, 0) is 60.2 Å². The SMILES string of the molecule is CC1(CNC(=O)c2ccccc2)COC(c2nc(-c3ccc(F)cc3)c(-c3ccnc(NCc4ccncc4)n3)[nH]2)OC1. The average Bonchev–Trinajstić information content (AvgIpc) is 3.50. The van der Waals surface area contributed by atoms with Crippen molar-refractivity contribution in [3.8, 4) is 22.6 Å². The Labute approximate surface area is 247 Å². The number of hydrogen-bond donors (Lipinski definition) is 3. The molecular formula is C32H30FN7O3. The molecule has 1 fully saturated rings. The van der Waals surface area contributed by atoms with Crippen LogP contribution in [0.2, 0.25) is 0 Å². The molecule has 0 bridgehead atoms. The lowest BCUT2D eigenvalue weighted by Gasteiger charge is -2.36. The Morgan fingerprint density at radius 3 is 2.47 bits per heavy atom. The van der Waals surface area contributed by atoms with Crippen LogP contribution >= 0.6 is 0 Å². The monoisotopic (exact) mass is 579 g/mol. The van der Waals surface area contributed by atoms with Crippen molar-refractivity contribution in [1.29, 1.82) is 0 Å². The van der Waals surface area contributed by atoms with E-state index in [0.717, 1.165) is 5.56 Å². The number of anilines is 1. The number of halogens is 1. The topological polar surface area (TPSA) is 127 Å². The molecular weight excluding hydrogens is 549 g/mol. The van der Waals surface area contributed by atoms with E-state index < -0.39 is 11.7 Å². The maximum Gasteiger partial charge on any atom is 0.251 e. The lowest BCUT2D eigenvalue weighted by molar-refractivity contribution is -0.231. The Morgan fingerprint density at radius 1 is 0.977 bits per heavy atom. The number of benzene rings is 2. The molecule has 0 saturated carbocycles. The molecule has 0 radical (unpaired) electrons. The van der Waals surface area contributed by atoms with Crippen molar-refractivity contribution >= 4 is 11.9 Å². The minimum absolute atomic E-state index is 0.150. The van der Waals surface area contributed by atoms with Crippen LogP contribution in [0.5, 0.6) is 0 Å². The quantitative estimate of drug-likeness (QED) is 0.219. The molecule has 2 aromatic carbocycles. The van der Waals surface area contributed by atoms with Gasteiger partial charge in [-0.15, -0.1) is 0 Å². The van der Waals surface area contributed by atoms with Crippen molar-refractivity contribution in [2.75, 3.05) is 25.1 Å². The number of carbonyl (C=O) groups excluding carboxylic acids is 1. The minimum Gasteiger partial charge on any atom is -0.351 e. The summed E-state index contributed by atoms with van der Waals surface area (Å²) < 4.78 is 26.0. The highest BCUT2D eigenvalue weighted by molar-refractivity contribution is 5.94. The summed E-state index contributed by atoms with van der Waals surface area (Å²) in [4.78, 5) is 33.8. The molecule has 4 heterocycles. The molecule has 5 aromatic rings. The molecule has 1 saturated heterocycles. The van der Waals surface area contributed by atoms with Crippen LogP contribution in [0.15, 0.2) is 91.4 Å². The largest absolute Gasteiger partial charge is 0.351 e. The lowest BCUT2D eigenvalue weighted by Crippen LogP contribution is -2.45. The number of aromatic nitrogens is 5. The number of pyridine rings is 1. The molecule has 43 heavy (non-hydrogen) atoms. The van der Waals surface area contributed by atoms with Gasteiger partial charge < -0.3 is 25.1 Å². The van der Waals surface area contributed by atoms with Gasteiger partial charge in [0.1, 0.15) is 5.82 Å². The van der Waals surface area contributed by atoms with Crippen LogP contribution in [0.3, 0.4) is 0 Å². The van der Waals surface area contributed by atoms with Crippen LogP contribution in [0, 0.1) is 11.2 Å². The molecule has 6 rings (SSSR count). The van der Waals surface area contributed by atoms with Crippen molar-refractivity contribution in [2.24, 2.45) is 5.41 Å². The molecule has 0 atom stereocenters. The molecule has 10 nitrogen and oxygen atoms in total. The van der Waals surface area contributed by atoms with Gasteiger partial charge >= 0.3 is 0 Å². The fourth-order valence-electron chi connectivity index (χ4n) is 4.66. The van der Waals surface area contributed by atoms with Gasteiger partial charge in [0.25, 0.3) is 5.91 Å². The third-order valence-electron chi connectivity index (χ3n) is 7.05. The summed E-state index contributed by atoms with van der Waals surface area (Å²) >= 11 is 0. The highest BCUT2D eigenvalue weighted by Gasteiger charge is 2.35. The number of amides is 1. The lowest BCUT2D eigenvalue weighted by atomic mass is 9.92. The number of imidazole rings is 1. The molecule has 218 valence electrons. The number of nitrogens with zero attached hydrogens (tertiary/aromatic N) is 4. The first-order valence-corrected chi connectivity index (χ1v) is 13.8. The van der Waals surface area contributed by atoms with Gasteiger partial charge in [0, 0.05) is 48.2 Å². The van der Waals surface area contributed by atoms with Gasteiger partial charge in [0.05, 0.1) is 30.3 Å². The average molecular weight is 580 g/mol. The zero-order valence-electron chi connectivity index (χ0n) is 23.5. The fraction of sp³-hybridized carbons (Fsp3) is 0.219. The summed E-state index contributed by atoms with van der Waals surface area (Å²) in [6, 6.07) is 20.8. The van der Waals surface area contributed by atoms with E-state index in [1.165, 1.54) is 12.1 Å². The van der Waals surface area contributed by atoms with E-state index in [0.29, 0.717) is 66.3 Å². The van der Waals surface area contributed by atoms with E-state index in [4.69, 9.17) is 19.4 Å². The Balaban J connectivity index is 1.20. The second-order valence-electron chi connectivity index (χ2n) is 10.6.